The molecule has 2 aliphatic heterocycles. The Morgan fingerprint density at radius 1 is 1.08 bits per heavy atom. The average molecular weight is 354 g/mol. The highest BCUT2D eigenvalue weighted by atomic mass is 16.2. The standard InChI is InChI=1S/C20H26N4O2/c1-4-11-23-18-16(19(25)24(12-5-2)20(23)26)21-17(22-18)14(3)13-15-9-7-6-8-10-15/h6-10,14,18H,4-5,11-13H2,1-3H3/t14-,18?/m1/s1. The van der Waals surface area contributed by atoms with Crippen LogP contribution in [0.2, 0.25) is 0 Å². The van der Waals surface area contributed by atoms with Crippen molar-refractivity contribution >= 4 is 23.5 Å². The van der Waals surface area contributed by atoms with Crippen molar-refractivity contribution in [3.63, 3.8) is 0 Å². The van der Waals surface area contributed by atoms with Gasteiger partial charge in [0.05, 0.1) is 0 Å². The molecular weight excluding hydrogens is 328 g/mol. The molecule has 1 fully saturated rings. The molecule has 6 nitrogen and oxygen atoms in total. The number of imide groups is 1. The van der Waals surface area contributed by atoms with E-state index in [4.69, 9.17) is 0 Å². The molecule has 0 aromatic heterocycles. The second-order valence-corrected chi connectivity index (χ2v) is 6.88. The van der Waals surface area contributed by atoms with Crippen molar-refractivity contribution in [1.29, 1.82) is 0 Å². The van der Waals surface area contributed by atoms with E-state index in [1.165, 1.54) is 10.5 Å². The molecule has 2 aliphatic rings. The third-order valence-corrected chi connectivity index (χ3v) is 4.71. The third-order valence-electron chi connectivity index (χ3n) is 4.71. The highest BCUT2D eigenvalue weighted by molar-refractivity contribution is 6.47. The van der Waals surface area contributed by atoms with Crippen LogP contribution in [0.4, 0.5) is 4.79 Å². The monoisotopic (exact) mass is 354 g/mol. The van der Waals surface area contributed by atoms with Gasteiger partial charge < -0.3 is 0 Å². The largest absolute Gasteiger partial charge is 0.329 e. The van der Waals surface area contributed by atoms with Crippen molar-refractivity contribution in [2.45, 2.75) is 46.2 Å². The van der Waals surface area contributed by atoms with Crippen molar-refractivity contribution in [2.24, 2.45) is 15.9 Å². The lowest BCUT2D eigenvalue weighted by molar-refractivity contribution is -0.123. The minimum atomic E-state index is -0.559. The number of carbonyl (C=O) groups excluding carboxylic acids is 2. The van der Waals surface area contributed by atoms with Crippen LogP contribution in [0, 0.1) is 5.92 Å². The molecular formula is C20H26N4O2. The first-order valence-electron chi connectivity index (χ1n) is 9.39. The number of amidine groups is 1. The van der Waals surface area contributed by atoms with Gasteiger partial charge in [0.2, 0.25) is 0 Å². The number of urea groups is 1. The molecule has 2 heterocycles. The predicted octanol–water partition coefficient (Wildman–Crippen LogP) is 3.13. The molecule has 3 rings (SSSR count). The Labute approximate surface area is 154 Å². The molecule has 1 saturated heterocycles. The lowest BCUT2D eigenvalue weighted by Crippen LogP contribution is -2.61. The quantitative estimate of drug-likeness (QED) is 0.755. The number of carbonyl (C=O) groups is 2. The predicted molar refractivity (Wildman–Crippen MR) is 102 cm³/mol. The summed E-state index contributed by atoms with van der Waals surface area (Å²) in [6.45, 7) is 7.02. The van der Waals surface area contributed by atoms with Gasteiger partial charge >= 0.3 is 6.03 Å². The molecule has 0 saturated carbocycles. The third kappa shape index (κ3) is 3.41. The first-order chi connectivity index (χ1) is 12.6. The van der Waals surface area contributed by atoms with E-state index in [-0.39, 0.29) is 17.9 Å². The van der Waals surface area contributed by atoms with Gasteiger partial charge in [-0.3, -0.25) is 14.6 Å². The second-order valence-electron chi connectivity index (χ2n) is 6.88. The Morgan fingerprint density at radius 2 is 1.77 bits per heavy atom. The minimum Gasteiger partial charge on any atom is -0.296 e. The van der Waals surface area contributed by atoms with Gasteiger partial charge in [-0.05, 0) is 24.8 Å². The first-order valence-corrected chi connectivity index (χ1v) is 9.39. The highest BCUT2D eigenvalue weighted by Crippen LogP contribution is 2.25. The molecule has 0 spiro atoms. The molecule has 0 bridgehead atoms. The van der Waals surface area contributed by atoms with Gasteiger partial charge in [0.1, 0.15) is 5.84 Å². The van der Waals surface area contributed by atoms with Crippen LogP contribution in [0.5, 0.6) is 0 Å². The smallest absolute Gasteiger partial charge is 0.296 e. The summed E-state index contributed by atoms with van der Waals surface area (Å²) in [4.78, 5) is 37.7. The van der Waals surface area contributed by atoms with Crippen LogP contribution in [-0.2, 0) is 11.2 Å². The van der Waals surface area contributed by atoms with E-state index in [0.717, 1.165) is 19.3 Å². The highest BCUT2D eigenvalue weighted by Gasteiger charge is 2.46. The molecule has 1 aromatic rings. The first kappa shape index (κ1) is 18.3. The maximum atomic E-state index is 12.8. The average Bonchev–Trinajstić information content (AvgIpc) is 3.09. The second kappa shape index (κ2) is 7.81. The summed E-state index contributed by atoms with van der Waals surface area (Å²) >= 11 is 0. The van der Waals surface area contributed by atoms with Crippen LogP contribution in [0.25, 0.3) is 0 Å². The van der Waals surface area contributed by atoms with Crippen molar-refractivity contribution < 1.29 is 9.59 Å². The van der Waals surface area contributed by atoms with E-state index in [1.807, 2.05) is 32.0 Å². The van der Waals surface area contributed by atoms with Crippen molar-refractivity contribution in [3.8, 4) is 0 Å². The fraction of sp³-hybridized carbons (Fsp3) is 0.500. The van der Waals surface area contributed by atoms with Gasteiger partial charge in [0.15, 0.2) is 11.9 Å². The molecule has 0 aliphatic carbocycles. The summed E-state index contributed by atoms with van der Waals surface area (Å²) in [5.74, 6) is 0.454. The number of rotatable bonds is 7. The van der Waals surface area contributed by atoms with Gasteiger partial charge in [0.25, 0.3) is 5.91 Å². The fourth-order valence-corrected chi connectivity index (χ4v) is 3.43. The fourth-order valence-electron chi connectivity index (χ4n) is 3.43. The van der Waals surface area contributed by atoms with Gasteiger partial charge in [-0.1, -0.05) is 51.1 Å². The Balaban J connectivity index is 1.86. The molecule has 1 aromatic carbocycles. The van der Waals surface area contributed by atoms with Gasteiger partial charge in [-0.25, -0.2) is 14.8 Å². The topological polar surface area (TPSA) is 65.3 Å². The van der Waals surface area contributed by atoms with Crippen LogP contribution < -0.4 is 0 Å². The minimum absolute atomic E-state index is 0.0847. The Morgan fingerprint density at radius 3 is 2.42 bits per heavy atom. The maximum absolute atomic E-state index is 12.8. The van der Waals surface area contributed by atoms with Crippen molar-refractivity contribution in [3.05, 3.63) is 35.9 Å². The number of nitrogens with zero attached hydrogens (tertiary/aromatic N) is 4. The van der Waals surface area contributed by atoms with E-state index < -0.39 is 6.17 Å². The lowest BCUT2D eigenvalue weighted by atomic mass is 10.0. The molecule has 6 heteroatoms. The molecule has 138 valence electrons. The molecule has 1 unspecified atom stereocenters. The summed E-state index contributed by atoms with van der Waals surface area (Å²) in [7, 11) is 0. The van der Waals surface area contributed by atoms with Crippen LogP contribution in [-0.4, -0.2) is 52.5 Å². The van der Waals surface area contributed by atoms with Crippen LogP contribution >= 0.6 is 0 Å². The number of fused-ring (bicyclic) bond motifs is 1. The van der Waals surface area contributed by atoms with Crippen LogP contribution in [0.15, 0.2) is 40.3 Å². The molecule has 2 atom stereocenters. The van der Waals surface area contributed by atoms with Gasteiger partial charge in [-0.2, -0.15) is 0 Å². The number of hydrogen-bond acceptors (Lipinski definition) is 4. The van der Waals surface area contributed by atoms with Crippen LogP contribution in [0.1, 0.15) is 39.2 Å². The van der Waals surface area contributed by atoms with E-state index >= 15 is 0 Å². The van der Waals surface area contributed by atoms with E-state index in [0.29, 0.717) is 24.6 Å². The van der Waals surface area contributed by atoms with E-state index in [9.17, 15) is 9.59 Å². The summed E-state index contributed by atoms with van der Waals surface area (Å²) in [5.41, 5.74) is 1.60. The van der Waals surface area contributed by atoms with Gasteiger partial charge in [-0.15, -0.1) is 0 Å². The van der Waals surface area contributed by atoms with Crippen molar-refractivity contribution in [1.82, 2.24) is 9.80 Å². The summed E-state index contributed by atoms with van der Waals surface area (Å²) in [5, 5.41) is 0. The Bertz CT molecular complexity index is 741. The van der Waals surface area contributed by atoms with Crippen LogP contribution in [0.3, 0.4) is 0 Å². The lowest BCUT2D eigenvalue weighted by Gasteiger charge is -2.37. The van der Waals surface area contributed by atoms with E-state index in [1.54, 1.807) is 4.90 Å². The number of amides is 3. The Hall–Kier alpha value is -2.50. The van der Waals surface area contributed by atoms with Crippen molar-refractivity contribution in [2.75, 3.05) is 13.1 Å². The zero-order valence-corrected chi connectivity index (χ0v) is 15.7. The number of benzene rings is 1. The summed E-state index contributed by atoms with van der Waals surface area (Å²) in [6, 6.07) is 9.92. The number of aliphatic imine (C=N–C) groups is 2. The molecule has 0 N–H and O–H groups in total. The zero-order valence-electron chi connectivity index (χ0n) is 15.7. The van der Waals surface area contributed by atoms with Gasteiger partial charge in [0, 0.05) is 19.0 Å². The summed E-state index contributed by atoms with van der Waals surface area (Å²) in [6.07, 6.45) is 1.79. The SMILES string of the molecule is CCCN1C(=O)C2=NC([C@H](C)Cc3ccccc3)=NC2N(CCC)C1=O. The normalized spacial score (nSPS) is 20.8. The zero-order chi connectivity index (χ0) is 18.7. The number of hydrogen-bond donors (Lipinski definition) is 0. The molecule has 3 amide bonds. The molecule has 0 radical (unpaired) electrons. The Kier molecular flexibility index (Phi) is 5.49. The summed E-state index contributed by atoms with van der Waals surface area (Å²) < 4.78 is 0. The van der Waals surface area contributed by atoms with E-state index in [2.05, 4.69) is 29.0 Å². The maximum Gasteiger partial charge on any atom is 0.329 e. The molecule has 26 heavy (non-hydrogen) atoms.